The Kier molecular flexibility index (Phi) is 5.73. The van der Waals surface area contributed by atoms with Crippen LogP contribution in [-0.2, 0) is 11.8 Å². The normalized spacial score (nSPS) is 17.3. The standard InChI is InChI=1S/C19H25N5O3/c1-22(15-5-4-11-24(12-8-15)19(26)27-3)18-21-16(13-17(25)23(18)2)14-6-9-20-10-7-14/h6-7,9-10,13,15H,4-5,8,11-12H2,1-3H3. The van der Waals surface area contributed by atoms with Gasteiger partial charge in [0.15, 0.2) is 0 Å². The van der Waals surface area contributed by atoms with Crippen molar-refractivity contribution in [2.75, 3.05) is 32.1 Å². The van der Waals surface area contributed by atoms with Crippen molar-refractivity contribution in [3.8, 4) is 11.3 Å². The SMILES string of the molecule is COC(=O)N1CCCC(N(C)c2nc(-c3ccncc3)cc(=O)n2C)CC1. The Labute approximate surface area is 158 Å². The lowest BCUT2D eigenvalue weighted by atomic mass is 10.1. The summed E-state index contributed by atoms with van der Waals surface area (Å²) < 4.78 is 6.40. The van der Waals surface area contributed by atoms with E-state index < -0.39 is 0 Å². The number of methoxy groups -OCH3 is 1. The van der Waals surface area contributed by atoms with Gasteiger partial charge in [-0.15, -0.1) is 0 Å². The van der Waals surface area contributed by atoms with Crippen molar-refractivity contribution in [1.82, 2.24) is 19.4 Å². The molecule has 144 valence electrons. The minimum atomic E-state index is -0.288. The van der Waals surface area contributed by atoms with Crippen LogP contribution in [0.2, 0.25) is 0 Å². The number of carbonyl (C=O) groups is 1. The molecule has 2 aromatic heterocycles. The van der Waals surface area contributed by atoms with Crippen LogP contribution in [0.1, 0.15) is 19.3 Å². The van der Waals surface area contributed by atoms with E-state index in [-0.39, 0.29) is 17.7 Å². The number of hydrogen-bond donors (Lipinski definition) is 0. The number of nitrogens with zero attached hydrogens (tertiary/aromatic N) is 5. The molecule has 2 aromatic rings. The molecule has 0 aliphatic carbocycles. The van der Waals surface area contributed by atoms with E-state index in [0.29, 0.717) is 24.7 Å². The number of pyridine rings is 1. The minimum Gasteiger partial charge on any atom is -0.453 e. The minimum absolute atomic E-state index is 0.108. The van der Waals surface area contributed by atoms with Gasteiger partial charge in [0.2, 0.25) is 5.95 Å². The highest BCUT2D eigenvalue weighted by Gasteiger charge is 2.25. The second-order valence-electron chi connectivity index (χ2n) is 6.73. The number of rotatable bonds is 3. The van der Waals surface area contributed by atoms with E-state index >= 15 is 0 Å². The van der Waals surface area contributed by atoms with Crippen LogP contribution >= 0.6 is 0 Å². The van der Waals surface area contributed by atoms with E-state index in [4.69, 9.17) is 9.72 Å². The Hall–Kier alpha value is -2.90. The molecule has 0 N–H and O–H groups in total. The average molecular weight is 371 g/mol. The molecule has 3 rings (SSSR count). The second-order valence-corrected chi connectivity index (χ2v) is 6.73. The summed E-state index contributed by atoms with van der Waals surface area (Å²) in [4.78, 5) is 36.8. The number of anilines is 1. The predicted molar refractivity (Wildman–Crippen MR) is 103 cm³/mol. The highest BCUT2D eigenvalue weighted by atomic mass is 16.5. The van der Waals surface area contributed by atoms with Gasteiger partial charge in [-0.3, -0.25) is 14.3 Å². The molecule has 1 saturated heterocycles. The Balaban J connectivity index is 1.86. The van der Waals surface area contributed by atoms with Crippen molar-refractivity contribution >= 4 is 12.0 Å². The summed E-state index contributed by atoms with van der Waals surface area (Å²) in [5, 5.41) is 0. The first kappa shape index (κ1) is 18.9. The molecule has 0 saturated carbocycles. The van der Waals surface area contributed by atoms with Gasteiger partial charge in [-0.1, -0.05) is 0 Å². The number of ether oxygens (including phenoxy) is 1. The van der Waals surface area contributed by atoms with Gasteiger partial charge in [-0.2, -0.15) is 0 Å². The molecular weight excluding hydrogens is 346 g/mol. The van der Waals surface area contributed by atoms with Crippen molar-refractivity contribution in [3.05, 3.63) is 40.9 Å². The van der Waals surface area contributed by atoms with Gasteiger partial charge >= 0.3 is 6.09 Å². The first-order chi connectivity index (χ1) is 13.0. The molecule has 1 unspecified atom stereocenters. The van der Waals surface area contributed by atoms with Crippen LogP contribution in [0, 0.1) is 0 Å². The topological polar surface area (TPSA) is 80.6 Å². The van der Waals surface area contributed by atoms with Crippen LogP contribution in [0.5, 0.6) is 0 Å². The zero-order valence-electron chi connectivity index (χ0n) is 16.0. The third-order valence-electron chi connectivity index (χ3n) is 5.08. The van der Waals surface area contributed by atoms with Crippen molar-refractivity contribution < 1.29 is 9.53 Å². The van der Waals surface area contributed by atoms with Gasteiger partial charge in [0.1, 0.15) is 0 Å². The summed E-state index contributed by atoms with van der Waals surface area (Å²) >= 11 is 0. The Bertz CT molecular complexity index is 852. The Morgan fingerprint density at radius 1 is 1.26 bits per heavy atom. The van der Waals surface area contributed by atoms with Gasteiger partial charge in [-0.05, 0) is 31.4 Å². The molecule has 3 heterocycles. The molecule has 1 amide bonds. The number of amides is 1. The summed E-state index contributed by atoms with van der Waals surface area (Å²) in [6.07, 6.45) is 5.67. The number of hydrogen-bond acceptors (Lipinski definition) is 6. The first-order valence-electron chi connectivity index (χ1n) is 9.05. The van der Waals surface area contributed by atoms with Crippen molar-refractivity contribution in [2.45, 2.75) is 25.3 Å². The van der Waals surface area contributed by atoms with E-state index in [1.807, 2.05) is 24.1 Å². The molecule has 0 bridgehead atoms. The summed E-state index contributed by atoms with van der Waals surface area (Å²) in [7, 11) is 5.09. The Morgan fingerprint density at radius 3 is 2.70 bits per heavy atom. The maximum atomic E-state index is 12.5. The monoisotopic (exact) mass is 371 g/mol. The van der Waals surface area contributed by atoms with Crippen LogP contribution in [0.15, 0.2) is 35.4 Å². The zero-order valence-corrected chi connectivity index (χ0v) is 16.0. The lowest BCUT2D eigenvalue weighted by Gasteiger charge is -2.29. The third kappa shape index (κ3) is 4.10. The molecule has 1 atom stereocenters. The summed E-state index contributed by atoms with van der Waals surface area (Å²) in [5.74, 6) is 0.617. The van der Waals surface area contributed by atoms with Gasteiger partial charge in [0.25, 0.3) is 5.56 Å². The lowest BCUT2D eigenvalue weighted by molar-refractivity contribution is 0.125. The maximum absolute atomic E-state index is 12.5. The van der Waals surface area contributed by atoms with Crippen molar-refractivity contribution in [3.63, 3.8) is 0 Å². The van der Waals surface area contributed by atoms with Gasteiger partial charge in [0, 0.05) is 57.3 Å². The molecule has 1 aliphatic heterocycles. The van der Waals surface area contributed by atoms with Crippen LogP contribution in [-0.4, -0.2) is 58.8 Å². The molecule has 0 spiro atoms. The first-order valence-corrected chi connectivity index (χ1v) is 9.05. The largest absolute Gasteiger partial charge is 0.453 e. The van der Waals surface area contributed by atoms with E-state index in [0.717, 1.165) is 24.8 Å². The summed E-state index contributed by atoms with van der Waals surface area (Å²) in [6, 6.07) is 5.40. The quantitative estimate of drug-likeness (QED) is 0.820. The molecule has 0 aromatic carbocycles. The average Bonchev–Trinajstić information content (AvgIpc) is 2.95. The highest BCUT2D eigenvalue weighted by Crippen LogP contribution is 2.23. The van der Waals surface area contributed by atoms with Crippen LogP contribution in [0.3, 0.4) is 0 Å². The van der Waals surface area contributed by atoms with E-state index in [1.165, 1.54) is 7.11 Å². The fraction of sp³-hybridized carbons (Fsp3) is 0.474. The number of aromatic nitrogens is 3. The number of likely N-dealkylation sites (tertiary alicyclic amines) is 1. The van der Waals surface area contributed by atoms with Gasteiger partial charge in [-0.25, -0.2) is 9.78 Å². The maximum Gasteiger partial charge on any atom is 0.409 e. The molecule has 8 nitrogen and oxygen atoms in total. The summed E-state index contributed by atoms with van der Waals surface area (Å²) in [5.41, 5.74) is 1.38. The van der Waals surface area contributed by atoms with Crippen LogP contribution in [0.4, 0.5) is 10.7 Å². The Morgan fingerprint density at radius 2 is 2.00 bits per heavy atom. The van der Waals surface area contributed by atoms with E-state index in [1.54, 1.807) is 35.0 Å². The zero-order chi connectivity index (χ0) is 19.4. The van der Waals surface area contributed by atoms with Crippen LogP contribution < -0.4 is 10.5 Å². The molecular formula is C19H25N5O3. The number of carbonyl (C=O) groups excluding carboxylic acids is 1. The fourth-order valence-corrected chi connectivity index (χ4v) is 3.45. The highest BCUT2D eigenvalue weighted by molar-refractivity contribution is 5.67. The predicted octanol–water partition coefficient (Wildman–Crippen LogP) is 1.90. The lowest BCUT2D eigenvalue weighted by Crippen LogP contribution is -2.38. The van der Waals surface area contributed by atoms with Crippen LogP contribution in [0.25, 0.3) is 11.3 Å². The fourth-order valence-electron chi connectivity index (χ4n) is 3.45. The second kappa shape index (κ2) is 8.20. The van der Waals surface area contributed by atoms with Gasteiger partial charge < -0.3 is 14.5 Å². The molecule has 1 fully saturated rings. The van der Waals surface area contributed by atoms with E-state index in [2.05, 4.69) is 4.98 Å². The molecule has 8 heteroatoms. The molecule has 27 heavy (non-hydrogen) atoms. The van der Waals surface area contributed by atoms with Crippen molar-refractivity contribution in [2.24, 2.45) is 7.05 Å². The van der Waals surface area contributed by atoms with Gasteiger partial charge in [0.05, 0.1) is 12.8 Å². The smallest absolute Gasteiger partial charge is 0.409 e. The third-order valence-corrected chi connectivity index (χ3v) is 5.08. The molecule has 1 aliphatic rings. The van der Waals surface area contributed by atoms with Crippen molar-refractivity contribution in [1.29, 1.82) is 0 Å². The van der Waals surface area contributed by atoms with E-state index in [9.17, 15) is 9.59 Å². The summed E-state index contributed by atoms with van der Waals surface area (Å²) in [6.45, 7) is 1.31. The molecule has 0 radical (unpaired) electrons.